The average molecular weight is 469 g/mol. The van der Waals surface area contributed by atoms with Crippen molar-refractivity contribution in [1.82, 2.24) is 25.9 Å². The number of imidazole rings is 1. The van der Waals surface area contributed by atoms with Gasteiger partial charge in [0, 0.05) is 18.3 Å². The molecule has 0 saturated heterocycles. The molecule has 1 heterocycles. The zero-order valence-electron chi connectivity index (χ0n) is 18.4. The molecule has 14 heteroatoms. The van der Waals surface area contributed by atoms with E-state index in [4.69, 9.17) is 17.2 Å². The number of primary amides is 1. The van der Waals surface area contributed by atoms with Gasteiger partial charge in [-0.2, -0.15) is 0 Å². The van der Waals surface area contributed by atoms with E-state index < -0.39 is 60.2 Å². The van der Waals surface area contributed by atoms with Gasteiger partial charge < -0.3 is 43.2 Å². The van der Waals surface area contributed by atoms with Crippen LogP contribution >= 0.6 is 0 Å². The number of hydrogen-bond acceptors (Lipinski definition) is 8. The highest BCUT2D eigenvalue weighted by atomic mass is 16.4. The first kappa shape index (κ1) is 27.5. The number of unbranched alkanes of at least 4 members (excludes halogenated alkanes) is 1. The van der Waals surface area contributed by atoms with Crippen LogP contribution in [0.4, 0.5) is 0 Å². The van der Waals surface area contributed by atoms with Crippen LogP contribution in [-0.2, 0) is 30.4 Å². The van der Waals surface area contributed by atoms with Crippen LogP contribution < -0.4 is 33.2 Å². The molecule has 0 bridgehead atoms. The number of aliphatic carboxylic acids is 1. The fourth-order valence-electron chi connectivity index (χ4n) is 2.82. The molecule has 0 aliphatic carbocycles. The van der Waals surface area contributed by atoms with Crippen LogP contribution in [0.15, 0.2) is 12.5 Å². The maximum absolute atomic E-state index is 12.7. The predicted molar refractivity (Wildman–Crippen MR) is 116 cm³/mol. The van der Waals surface area contributed by atoms with Crippen molar-refractivity contribution in [2.24, 2.45) is 17.2 Å². The molecule has 1 aromatic rings. The topological polar surface area (TPSA) is 248 Å². The molecule has 1 rings (SSSR count). The van der Waals surface area contributed by atoms with Gasteiger partial charge in [0.05, 0.1) is 18.8 Å². The first-order valence-corrected chi connectivity index (χ1v) is 10.4. The summed E-state index contributed by atoms with van der Waals surface area (Å²) in [6, 6.07) is -4.65. The minimum Gasteiger partial charge on any atom is -0.480 e. The average Bonchev–Trinajstić information content (AvgIpc) is 3.25. The fourth-order valence-corrected chi connectivity index (χ4v) is 2.82. The zero-order valence-corrected chi connectivity index (χ0v) is 18.4. The van der Waals surface area contributed by atoms with E-state index in [1.165, 1.54) is 19.4 Å². The van der Waals surface area contributed by atoms with Crippen molar-refractivity contribution in [3.8, 4) is 0 Å². The van der Waals surface area contributed by atoms with Gasteiger partial charge in [-0.1, -0.05) is 6.42 Å². The third-order valence-corrected chi connectivity index (χ3v) is 4.69. The SMILES string of the molecule is CC(NC(=O)C(N)CCCCN)C(=O)NC(Cc1cnc[nH]1)C(=O)NC(CC(N)=O)C(=O)O. The fraction of sp³-hybridized carbons (Fsp3) is 0.579. The summed E-state index contributed by atoms with van der Waals surface area (Å²) in [5.41, 5.74) is 16.7. The number of nitrogens with two attached hydrogens (primary N) is 3. The Balaban J connectivity index is 2.82. The molecule has 184 valence electrons. The highest BCUT2D eigenvalue weighted by Crippen LogP contribution is 2.03. The molecular weight excluding hydrogens is 436 g/mol. The summed E-state index contributed by atoms with van der Waals surface area (Å²) in [6.07, 6.45) is 3.89. The summed E-state index contributed by atoms with van der Waals surface area (Å²) in [5.74, 6) is -4.46. The van der Waals surface area contributed by atoms with Crippen molar-refractivity contribution in [3.05, 3.63) is 18.2 Å². The molecular formula is C19H32N8O6. The van der Waals surface area contributed by atoms with Crippen LogP contribution in [0.1, 0.15) is 38.3 Å². The van der Waals surface area contributed by atoms with Gasteiger partial charge in [0.25, 0.3) is 0 Å². The lowest BCUT2D eigenvalue weighted by molar-refractivity contribution is -0.143. The predicted octanol–water partition coefficient (Wildman–Crippen LogP) is -3.16. The number of carboxylic acid groups (broad SMARTS) is 1. The van der Waals surface area contributed by atoms with Crippen molar-refractivity contribution >= 4 is 29.6 Å². The van der Waals surface area contributed by atoms with E-state index in [9.17, 15) is 29.1 Å². The molecule has 0 saturated carbocycles. The number of carboxylic acids is 1. The molecule has 14 nitrogen and oxygen atoms in total. The Morgan fingerprint density at radius 3 is 2.27 bits per heavy atom. The van der Waals surface area contributed by atoms with Gasteiger partial charge in [-0.15, -0.1) is 0 Å². The van der Waals surface area contributed by atoms with E-state index in [1.54, 1.807) is 0 Å². The van der Waals surface area contributed by atoms with E-state index in [0.29, 0.717) is 31.5 Å². The molecule has 0 spiro atoms. The Hall–Kier alpha value is -3.52. The Morgan fingerprint density at radius 1 is 1.06 bits per heavy atom. The number of carbonyl (C=O) groups excluding carboxylic acids is 4. The number of nitrogens with one attached hydrogen (secondary N) is 4. The number of hydrogen-bond donors (Lipinski definition) is 8. The molecule has 11 N–H and O–H groups in total. The summed E-state index contributed by atoms with van der Waals surface area (Å²) in [4.78, 5) is 66.6. The molecule has 0 radical (unpaired) electrons. The van der Waals surface area contributed by atoms with Crippen molar-refractivity contribution in [3.63, 3.8) is 0 Å². The highest BCUT2D eigenvalue weighted by molar-refractivity contribution is 5.94. The van der Waals surface area contributed by atoms with Gasteiger partial charge in [0.15, 0.2) is 0 Å². The van der Waals surface area contributed by atoms with Crippen molar-refractivity contribution in [2.75, 3.05) is 6.54 Å². The second-order valence-electron chi connectivity index (χ2n) is 7.53. The molecule has 0 aromatic carbocycles. The zero-order chi connectivity index (χ0) is 25.0. The molecule has 0 aliphatic heterocycles. The Labute approximate surface area is 190 Å². The van der Waals surface area contributed by atoms with Gasteiger partial charge >= 0.3 is 5.97 Å². The van der Waals surface area contributed by atoms with Crippen molar-refractivity contribution < 1.29 is 29.1 Å². The summed E-state index contributed by atoms with van der Waals surface area (Å²) >= 11 is 0. The molecule has 4 atom stereocenters. The Morgan fingerprint density at radius 2 is 1.73 bits per heavy atom. The molecule has 0 fully saturated rings. The van der Waals surface area contributed by atoms with Crippen LogP contribution in [-0.4, -0.2) is 75.4 Å². The molecule has 33 heavy (non-hydrogen) atoms. The molecule has 4 unspecified atom stereocenters. The summed E-state index contributed by atoms with van der Waals surface area (Å²) in [7, 11) is 0. The van der Waals surface area contributed by atoms with Gasteiger partial charge in [-0.3, -0.25) is 19.2 Å². The Bertz CT molecular complexity index is 815. The van der Waals surface area contributed by atoms with Crippen LogP contribution in [0.5, 0.6) is 0 Å². The van der Waals surface area contributed by atoms with E-state index in [0.717, 1.165) is 0 Å². The first-order chi connectivity index (χ1) is 15.5. The normalized spacial score (nSPS) is 14.4. The van der Waals surface area contributed by atoms with Crippen LogP contribution in [0, 0.1) is 0 Å². The molecule has 1 aromatic heterocycles. The highest BCUT2D eigenvalue weighted by Gasteiger charge is 2.30. The van der Waals surface area contributed by atoms with Gasteiger partial charge in [-0.25, -0.2) is 9.78 Å². The van der Waals surface area contributed by atoms with Crippen molar-refractivity contribution in [1.29, 1.82) is 0 Å². The quantitative estimate of drug-likeness (QED) is 0.121. The standard InChI is InChI=1S/C19H32N8O6/c1-10(25-17(30)12(21)4-2-3-5-20)16(29)26-13(6-11-8-23-9-24-11)18(31)27-14(19(32)33)7-15(22)28/h8-10,12-14H,2-7,20-21H2,1H3,(H2,22,28)(H,23,24)(H,25,30)(H,26,29)(H,27,31)(H,32,33). The van der Waals surface area contributed by atoms with E-state index in [1.807, 2.05) is 0 Å². The third-order valence-electron chi connectivity index (χ3n) is 4.69. The third kappa shape index (κ3) is 10.1. The van der Waals surface area contributed by atoms with Crippen LogP contribution in [0.25, 0.3) is 0 Å². The molecule has 4 amide bonds. The second-order valence-corrected chi connectivity index (χ2v) is 7.53. The van der Waals surface area contributed by atoms with E-state index >= 15 is 0 Å². The Kier molecular flexibility index (Phi) is 11.5. The number of amides is 4. The largest absolute Gasteiger partial charge is 0.480 e. The minimum absolute atomic E-state index is 0.0558. The number of nitrogens with zero attached hydrogens (tertiary/aromatic N) is 1. The van der Waals surface area contributed by atoms with Gasteiger partial charge in [0.1, 0.15) is 18.1 Å². The lowest BCUT2D eigenvalue weighted by Gasteiger charge is -2.23. The lowest BCUT2D eigenvalue weighted by atomic mass is 10.1. The summed E-state index contributed by atoms with van der Waals surface area (Å²) < 4.78 is 0. The van der Waals surface area contributed by atoms with Gasteiger partial charge in [0.2, 0.25) is 23.6 Å². The van der Waals surface area contributed by atoms with Gasteiger partial charge in [-0.05, 0) is 26.3 Å². The number of H-pyrrole nitrogens is 1. The first-order valence-electron chi connectivity index (χ1n) is 10.4. The van der Waals surface area contributed by atoms with E-state index in [-0.39, 0.29) is 6.42 Å². The summed E-state index contributed by atoms with van der Waals surface area (Å²) in [6.45, 7) is 1.90. The lowest BCUT2D eigenvalue weighted by Crippen LogP contribution is -2.57. The number of rotatable bonds is 15. The maximum Gasteiger partial charge on any atom is 0.326 e. The monoisotopic (exact) mass is 468 g/mol. The molecule has 0 aliphatic rings. The summed E-state index contributed by atoms with van der Waals surface area (Å²) in [5, 5.41) is 16.4. The van der Waals surface area contributed by atoms with Crippen LogP contribution in [0.2, 0.25) is 0 Å². The maximum atomic E-state index is 12.7. The van der Waals surface area contributed by atoms with E-state index in [2.05, 4.69) is 25.9 Å². The number of aromatic amines is 1. The van der Waals surface area contributed by atoms with Crippen LogP contribution in [0.3, 0.4) is 0 Å². The number of aromatic nitrogens is 2. The smallest absolute Gasteiger partial charge is 0.326 e. The van der Waals surface area contributed by atoms with Crippen molar-refractivity contribution in [2.45, 2.75) is 63.2 Å². The number of carbonyl (C=O) groups is 5. The second kappa shape index (κ2) is 13.8. The minimum atomic E-state index is -1.57.